The van der Waals surface area contributed by atoms with E-state index < -0.39 is 5.97 Å². The molecular weight excluding hydrogens is 250 g/mol. The van der Waals surface area contributed by atoms with Crippen molar-refractivity contribution >= 4 is 5.97 Å². The van der Waals surface area contributed by atoms with Gasteiger partial charge in [0.15, 0.2) is 0 Å². The number of benzene rings is 1. The van der Waals surface area contributed by atoms with Crippen LogP contribution >= 0.6 is 0 Å². The van der Waals surface area contributed by atoms with Gasteiger partial charge in [0.1, 0.15) is 0 Å². The Hall–Kier alpha value is -1.35. The zero-order chi connectivity index (χ0) is 14.4. The number of carboxylic acid groups (broad SMARTS) is 1. The van der Waals surface area contributed by atoms with Gasteiger partial charge in [-0.25, -0.2) is 0 Å². The molecular formula is C17H25NO2. The van der Waals surface area contributed by atoms with Crippen molar-refractivity contribution in [1.82, 2.24) is 5.32 Å². The third-order valence-corrected chi connectivity index (χ3v) is 4.31. The average Bonchev–Trinajstić information content (AvgIpc) is 2.48. The first kappa shape index (κ1) is 15.0. The standard InChI is InChI=1S/C17H25NO2/c1-2-15(11-13-7-4-3-5-8-13)18-16-10-6-9-14(12-16)17(19)20/h3-5,7-8,14-16,18H,2,6,9-12H2,1H3,(H,19,20). The molecule has 1 aromatic carbocycles. The average molecular weight is 275 g/mol. The minimum atomic E-state index is -0.632. The molecule has 0 heterocycles. The van der Waals surface area contributed by atoms with E-state index >= 15 is 0 Å². The highest BCUT2D eigenvalue weighted by atomic mass is 16.4. The number of carboxylic acids is 1. The van der Waals surface area contributed by atoms with Crippen molar-refractivity contribution < 1.29 is 9.90 Å². The van der Waals surface area contributed by atoms with Gasteiger partial charge in [-0.05, 0) is 37.7 Å². The summed E-state index contributed by atoms with van der Waals surface area (Å²) in [5.41, 5.74) is 1.34. The molecule has 0 radical (unpaired) electrons. The predicted octanol–water partition coefficient (Wildman–Crippen LogP) is 3.24. The molecule has 3 atom stereocenters. The Labute approximate surface area is 121 Å². The minimum absolute atomic E-state index is 0.157. The molecule has 0 bridgehead atoms. The van der Waals surface area contributed by atoms with Crippen LogP contribution in [0.5, 0.6) is 0 Å². The Morgan fingerprint density at radius 3 is 2.75 bits per heavy atom. The van der Waals surface area contributed by atoms with Crippen LogP contribution in [0.25, 0.3) is 0 Å². The van der Waals surface area contributed by atoms with Gasteiger partial charge in [-0.1, -0.05) is 43.7 Å². The molecule has 1 saturated carbocycles. The fraction of sp³-hybridized carbons (Fsp3) is 0.588. The summed E-state index contributed by atoms with van der Waals surface area (Å²) in [6.45, 7) is 2.19. The third-order valence-electron chi connectivity index (χ3n) is 4.31. The lowest BCUT2D eigenvalue weighted by atomic mass is 9.85. The summed E-state index contributed by atoms with van der Waals surface area (Å²) in [6, 6.07) is 11.3. The molecule has 3 heteroatoms. The molecule has 0 spiro atoms. The second-order valence-electron chi connectivity index (χ2n) is 5.86. The van der Waals surface area contributed by atoms with Crippen molar-refractivity contribution in [3.63, 3.8) is 0 Å². The summed E-state index contributed by atoms with van der Waals surface area (Å²) in [6.07, 6.45) is 5.84. The fourth-order valence-electron chi connectivity index (χ4n) is 3.12. The normalized spacial score (nSPS) is 24.2. The third kappa shape index (κ3) is 4.34. The molecule has 2 N–H and O–H groups in total. The van der Waals surface area contributed by atoms with Gasteiger partial charge >= 0.3 is 5.97 Å². The lowest BCUT2D eigenvalue weighted by molar-refractivity contribution is -0.143. The van der Waals surface area contributed by atoms with E-state index in [1.54, 1.807) is 0 Å². The van der Waals surface area contributed by atoms with E-state index in [-0.39, 0.29) is 5.92 Å². The van der Waals surface area contributed by atoms with Gasteiger partial charge in [-0.3, -0.25) is 4.79 Å². The summed E-state index contributed by atoms with van der Waals surface area (Å²) in [5, 5.41) is 12.8. The van der Waals surface area contributed by atoms with Crippen molar-refractivity contribution in [3.05, 3.63) is 35.9 Å². The number of hydrogen-bond donors (Lipinski definition) is 2. The molecule has 0 aliphatic heterocycles. The van der Waals surface area contributed by atoms with Crippen molar-refractivity contribution in [1.29, 1.82) is 0 Å². The monoisotopic (exact) mass is 275 g/mol. The number of nitrogens with one attached hydrogen (secondary N) is 1. The van der Waals surface area contributed by atoms with Gasteiger partial charge < -0.3 is 10.4 Å². The van der Waals surface area contributed by atoms with Crippen LogP contribution in [0.1, 0.15) is 44.6 Å². The van der Waals surface area contributed by atoms with E-state index in [4.69, 9.17) is 5.11 Å². The second-order valence-corrected chi connectivity index (χ2v) is 5.86. The summed E-state index contributed by atoms with van der Waals surface area (Å²) in [4.78, 5) is 11.1. The van der Waals surface area contributed by atoms with Gasteiger partial charge in [0.25, 0.3) is 0 Å². The maximum absolute atomic E-state index is 11.1. The predicted molar refractivity (Wildman–Crippen MR) is 80.7 cm³/mol. The molecule has 1 aliphatic rings. The molecule has 0 amide bonds. The molecule has 0 aromatic heterocycles. The highest BCUT2D eigenvalue weighted by molar-refractivity contribution is 5.70. The largest absolute Gasteiger partial charge is 0.481 e. The number of carbonyl (C=O) groups is 1. The van der Waals surface area contributed by atoms with Crippen LogP contribution in [-0.4, -0.2) is 23.2 Å². The topological polar surface area (TPSA) is 49.3 Å². The van der Waals surface area contributed by atoms with Gasteiger partial charge in [0, 0.05) is 12.1 Å². The molecule has 2 rings (SSSR count). The van der Waals surface area contributed by atoms with Crippen LogP contribution in [0.15, 0.2) is 30.3 Å². The van der Waals surface area contributed by atoms with E-state index in [9.17, 15) is 4.79 Å². The lowest BCUT2D eigenvalue weighted by Crippen LogP contribution is -2.43. The summed E-state index contributed by atoms with van der Waals surface area (Å²) in [5.74, 6) is -0.789. The Balaban J connectivity index is 1.88. The van der Waals surface area contributed by atoms with E-state index in [1.807, 2.05) is 6.07 Å². The first-order valence-corrected chi connectivity index (χ1v) is 7.71. The van der Waals surface area contributed by atoms with Crippen LogP contribution in [0, 0.1) is 5.92 Å². The van der Waals surface area contributed by atoms with Gasteiger partial charge in [-0.2, -0.15) is 0 Å². The fourth-order valence-corrected chi connectivity index (χ4v) is 3.12. The van der Waals surface area contributed by atoms with Crippen molar-refractivity contribution in [2.24, 2.45) is 5.92 Å². The van der Waals surface area contributed by atoms with E-state index in [1.165, 1.54) is 5.56 Å². The van der Waals surface area contributed by atoms with Crippen LogP contribution < -0.4 is 5.32 Å². The van der Waals surface area contributed by atoms with Gasteiger partial charge in [-0.15, -0.1) is 0 Å². The molecule has 3 unspecified atom stereocenters. The molecule has 1 aliphatic carbocycles. The molecule has 1 aromatic rings. The van der Waals surface area contributed by atoms with Gasteiger partial charge in [0.05, 0.1) is 5.92 Å². The molecule has 0 saturated heterocycles. The molecule has 1 fully saturated rings. The smallest absolute Gasteiger partial charge is 0.306 e. The van der Waals surface area contributed by atoms with Crippen LogP contribution in [0.2, 0.25) is 0 Å². The number of hydrogen-bond acceptors (Lipinski definition) is 2. The highest BCUT2D eigenvalue weighted by Crippen LogP contribution is 2.25. The van der Waals surface area contributed by atoms with Crippen LogP contribution in [0.4, 0.5) is 0 Å². The number of aliphatic carboxylic acids is 1. The van der Waals surface area contributed by atoms with Crippen LogP contribution in [-0.2, 0) is 11.2 Å². The van der Waals surface area contributed by atoms with Gasteiger partial charge in [0.2, 0.25) is 0 Å². The van der Waals surface area contributed by atoms with E-state index in [0.717, 1.165) is 38.5 Å². The zero-order valence-corrected chi connectivity index (χ0v) is 12.2. The lowest BCUT2D eigenvalue weighted by Gasteiger charge is -2.31. The Kier molecular flexibility index (Phi) is 5.60. The molecule has 3 nitrogen and oxygen atoms in total. The maximum Gasteiger partial charge on any atom is 0.306 e. The Bertz CT molecular complexity index is 418. The van der Waals surface area contributed by atoms with Crippen LogP contribution in [0.3, 0.4) is 0 Å². The SMILES string of the molecule is CCC(Cc1ccccc1)NC1CCCC(C(=O)O)C1. The summed E-state index contributed by atoms with van der Waals surface area (Å²) >= 11 is 0. The van der Waals surface area contributed by atoms with Crippen molar-refractivity contribution in [2.45, 2.75) is 57.5 Å². The molecule has 110 valence electrons. The highest BCUT2D eigenvalue weighted by Gasteiger charge is 2.27. The summed E-state index contributed by atoms with van der Waals surface area (Å²) in [7, 11) is 0. The number of rotatable bonds is 6. The zero-order valence-electron chi connectivity index (χ0n) is 12.2. The van der Waals surface area contributed by atoms with Crippen molar-refractivity contribution in [3.8, 4) is 0 Å². The second kappa shape index (κ2) is 7.44. The Morgan fingerprint density at radius 1 is 1.35 bits per heavy atom. The summed E-state index contributed by atoms with van der Waals surface area (Å²) < 4.78 is 0. The first-order valence-electron chi connectivity index (χ1n) is 7.71. The van der Waals surface area contributed by atoms with E-state index in [0.29, 0.717) is 12.1 Å². The Morgan fingerprint density at radius 2 is 2.10 bits per heavy atom. The molecule has 20 heavy (non-hydrogen) atoms. The van der Waals surface area contributed by atoms with Crippen molar-refractivity contribution in [2.75, 3.05) is 0 Å². The van der Waals surface area contributed by atoms with E-state index in [2.05, 4.69) is 36.5 Å². The minimum Gasteiger partial charge on any atom is -0.481 e. The first-order chi connectivity index (χ1) is 9.69. The maximum atomic E-state index is 11.1. The quantitative estimate of drug-likeness (QED) is 0.838.